The van der Waals surface area contributed by atoms with E-state index in [1.165, 1.54) is 6.07 Å². The Hall–Kier alpha value is -2.11. The van der Waals surface area contributed by atoms with E-state index in [0.717, 1.165) is 0 Å². The van der Waals surface area contributed by atoms with Crippen LogP contribution in [0.3, 0.4) is 0 Å². The molecule has 72 valence electrons. The fourth-order valence-electron chi connectivity index (χ4n) is 1.05. The van der Waals surface area contributed by atoms with Crippen molar-refractivity contribution in [2.75, 3.05) is 0 Å². The predicted molar refractivity (Wildman–Crippen MR) is 44.8 cm³/mol. The largest absolute Gasteiger partial charge is 0.476 e. The fraction of sp³-hybridized carbons (Fsp3) is 0.125. The summed E-state index contributed by atoms with van der Waals surface area (Å²) in [6, 6.07) is 1.39. The second kappa shape index (κ2) is 3.33. The molecule has 1 N–H and O–H groups in total. The lowest BCUT2D eigenvalue weighted by atomic mass is 10.3. The summed E-state index contributed by atoms with van der Waals surface area (Å²) in [5, 5.41) is 12.0. The van der Waals surface area contributed by atoms with Crippen molar-refractivity contribution in [2.45, 2.75) is 6.54 Å². The average Bonchev–Trinajstić information content (AvgIpc) is 2.75. The number of carboxylic acid groups (broad SMARTS) is 1. The first kappa shape index (κ1) is 8.49. The van der Waals surface area contributed by atoms with Gasteiger partial charge in [0.25, 0.3) is 0 Å². The van der Waals surface area contributed by atoms with Crippen molar-refractivity contribution in [3.05, 3.63) is 36.2 Å². The summed E-state index contributed by atoms with van der Waals surface area (Å²) in [7, 11) is 0. The number of nitrogens with zero attached hydrogens (tertiary/aromatic N) is 3. The zero-order valence-corrected chi connectivity index (χ0v) is 7.12. The Kier molecular flexibility index (Phi) is 2.02. The number of rotatable bonds is 3. The van der Waals surface area contributed by atoms with E-state index >= 15 is 0 Å². The standard InChI is InChI=1S/C8H7N3O3/c12-8(13)7-3-6(14-10-7)4-11-2-1-9-5-11/h1-3,5H,4H2,(H,12,13). The predicted octanol–water partition coefficient (Wildman–Crippen LogP) is 0.618. The number of hydrogen-bond donors (Lipinski definition) is 1. The van der Waals surface area contributed by atoms with Crippen LogP contribution < -0.4 is 0 Å². The molecule has 0 bridgehead atoms. The first-order valence-corrected chi connectivity index (χ1v) is 3.90. The van der Waals surface area contributed by atoms with Crippen LogP contribution in [0.5, 0.6) is 0 Å². The van der Waals surface area contributed by atoms with Crippen LogP contribution in [0.4, 0.5) is 0 Å². The van der Waals surface area contributed by atoms with Crippen LogP contribution in [-0.2, 0) is 6.54 Å². The molecule has 0 unspecified atom stereocenters. The Balaban J connectivity index is 2.14. The molecule has 6 heteroatoms. The van der Waals surface area contributed by atoms with Gasteiger partial charge in [-0.1, -0.05) is 5.16 Å². The summed E-state index contributed by atoms with van der Waals surface area (Å²) >= 11 is 0. The van der Waals surface area contributed by atoms with Crippen molar-refractivity contribution in [3.8, 4) is 0 Å². The van der Waals surface area contributed by atoms with Crippen molar-refractivity contribution in [1.29, 1.82) is 0 Å². The molecule has 2 rings (SSSR count). The van der Waals surface area contributed by atoms with Gasteiger partial charge in [-0.25, -0.2) is 9.78 Å². The Morgan fingerprint density at radius 3 is 3.07 bits per heavy atom. The molecule has 2 aromatic heterocycles. The van der Waals surface area contributed by atoms with Crippen molar-refractivity contribution in [3.63, 3.8) is 0 Å². The third-order valence-corrected chi connectivity index (χ3v) is 1.68. The lowest BCUT2D eigenvalue weighted by molar-refractivity contribution is 0.0685. The summed E-state index contributed by atoms with van der Waals surface area (Å²) in [6.45, 7) is 0.431. The van der Waals surface area contributed by atoms with E-state index in [1.807, 2.05) is 0 Å². The van der Waals surface area contributed by atoms with Crippen molar-refractivity contribution < 1.29 is 14.4 Å². The highest BCUT2D eigenvalue weighted by Crippen LogP contribution is 2.05. The van der Waals surface area contributed by atoms with Gasteiger partial charge in [0.1, 0.15) is 0 Å². The summed E-state index contributed by atoms with van der Waals surface area (Å²) in [5.41, 5.74) is -0.0832. The van der Waals surface area contributed by atoms with E-state index in [-0.39, 0.29) is 5.69 Å². The molecule has 0 saturated carbocycles. The molecule has 0 aliphatic rings. The van der Waals surface area contributed by atoms with Crippen molar-refractivity contribution in [2.24, 2.45) is 0 Å². The number of carbonyl (C=O) groups is 1. The van der Waals surface area contributed by atoms with Gasteiger partial charge in [0.15, 0.2) is 11.5 Å². The van der Waals surface area contributed by atoms with E-state index in [9.17, 15) is 4.79 Å². The normalized spacial score (nSPS) is 10.3. The highest BCUT2D eigenvalue weighted by Gasteiger charge is 2.10. The Bertz CT molecular complexity index is 432. The van der Waals surface area contributed by atoms with Gasteiger partial charge in [-0.3, -0.25) is 0 Å². The monoisotopic (exact) mass is 193 g/mol. The minimum atomic E-state index is -1.09. The van der Waals surface area contributed by atoms with E-state index < -0.39 is 5.97 Å². The molecule has 6 nitrogen and oxygen atoms in total. The molecule has 2 aromatic rings. The molecule has 0 radical (unpaired) electrons. The molecule has 0 fully saturated rings. The SMILES string of the molecule is O=C(O)c1cc(Cn2ccnc2)on1. The minimum absolute atomic E-state index is 0.0832. The number of carboxylic acids is 1. The summed E-state index contributed by atoms with van der Waals surface area (Å²) < 4.78 is 6.58. The zero-order chi connectivity index (χ0) is 9.97. The molecular weight excluding hydrogens is 186 g/mol. The van der Waals surface area contributed by atoms with Gasteiger partial charge in [-0.2, -0.15) is 0 Å². The first-order valence-electron chi connectivity index (χ1n) is 3.90. The van der Waals surface area contributed by atoms with Gasteiger partial charge < -0.3 is 14.2 Å². The molecule has 0 aliphatic carbocycles. The van der Waals surface area contributed by atoms with Gasteiger partial charge in [-0.15, -0.1) is 0 Å². The van der Waals surface area contributed by atoms with Crippen LogP contribution in [0.15, 0.2) is 29.3 Å². The Morgan fingerprint density at radius 1 is 1.64 bits per heavy atom. The minimum Gasteiger partial charge on any atom is -0.476 e. The molecule has 14 heavy (non-hydrogen) atoms. The third kappa shape index (κ3) is 1.63. The molecule has 2 heterocycles. The highest BCUT2D eigenvalue weighted by atomic mass is 16.5. The van der Waals surface area contributed by atoms with Crippen LogP contribution in [0.25, 0.3) is 0 Å². The maximum absolute atomic E-state index is 10.5. The number of hydrogen-bond acceptors (Lipinski definition) is 4. The molecule has 0 amide bonds. The first-order chi connectivity index (χ1) is 6.75. The molecule has 0 aromatic carbocycles. The van der Waals surface area contributed by atoms with E-state index in [1.54, 1.807) is 23.3 Å². The summed E-state index contributed by atoms with van der Waals surface area (Å²) in [4.78, 5) is 14.3. The molecular formula is C8H7N3O3. The molecule has 0 atom stereocenters. The molecule has 0 spiro atoms. The maximum atomic E-state index is 10.5. The fourth-order valence-corrected chi connectivity index (χ4v) is 1.05. The molecule has 0 aliphatic heterocycles. The van der Waals surface area contributed by atoms with E-state index in [0.29, 0.717) is 12.3 Å². The van der Waals surface area contributed by atoms with Gasteiger partial charge in [0, 0.05) is 18.5 Å². The number of aromatic nitrogens is 3. The van der Waals surface area contributed by atoms with Gasteiger partial charge >= 0.3 is 5.97 Å². The molecule has 0 saturated heterocycles. The number of imidazole rings is 1. The van der Waals surface area contributed by atoms with E-state index in [2.05, 4.69) is 10.1 Å². The zero-order valence-electron chi connectivity index (χ0n) is 7.12. The third-order valence-electron chi connectivity index (χ3n) is 1.68. The van der Waals surface area contributed by atoms with E-state index in [4.69, 9.17) is 9.63 Å². The van der Waals surface area contributed by atoms with Crippen LogP contribution in [0.2, 0.25) is 0 Å². The topological polar surface area (TPSA) is 81.1 Å². The second-order valence-electron chi connectivity index (χ2n) is 2.72. The highest BCUT2D eigenvalue weighted by molar-refractivity contribution is 5.85. The summed E-state index contributed by atoms with van der Waals surface area (Å²) in [5.74, 6) is -0.606. The summed E-state index contributed by atoms with van der Waals surface area (Å²) in [6.07, 6.45) is 5.00. The second-order valence-corrected chi connectivity index (χ2v) is 2.72. The van der Waals surface area contributed by atoms with Crippen LogP contribution in [0, 0.1) is 0 Å². The van der Waals surface area contributed by atoms with Crippen LogP contribution in [-0.4, -0.2) is 25.8 Å². The van der Waals surface area contributed by atoms with Crippen LogP contribution >= 0.6 is 0 Å². The quantitative estimate of drug-likeness (QED) is 0.772. The van der Waals surface area contributed by atoms with Crippen LogP contribution in [0.1, 0.15) is 16.2 Å². The lowest BCUT2D eigenvalue weighted by Crippen LogP contribution is -1.96. The Labute approximate surface area is 78.8 Å². The Morgan fingerprint density at radius 2 is 2.50 bits per heavy atom. The number of aromatic carboxylic acids is 1. The van der Waals surface area contributed by atoms with Crippen molar-refractivity contribution in [1.82, 2.24) is 14.7 Å². The lowest BCUT2D eigenvalue weighted by Gasteiger charge is -1.94. The maximum Gasteiger partial charge on any atom is 0.358 e. The van der Waals surface area contributed by atoms with Gasteiger partial charge in [0.05, 0.1) is 12.9 Å². The van der Waals surface area contributed by atoms with Gasteiger partial charge in [-0.05, 0) is 0 Å². The van der Waals surface area contributed by atoms with Crippen molar-refractivity contribution >= 4 is 5.97 Å². The average molecular weight is 193 g/mol. The smallest absolute Gasteiger partial charge is 0.358 e. The van der Waals surface area contributed by atoms with Gasteiger partial charge in [0.2, 0.25) is 0 Å².